The Hall–Kier alpha value is -4.26. The van der Waals surface area contributed by atoms with Gasteiger partial charge in [0, 0.05) is 11.1 Å². The Morgan fingerprint density at radius 1 is 1.17 bits per heavy atom. The van der Waals surface area contributed by atoms with E-state index in [4.69, 9.17) is 4.98 Å². The van der Waals surface area contributed by atoms with Crippen molar-refractivity contribution in [3.8, 4) is 22.7 Å². The Kier molecular flexibility index (Phi) is 6.75. The molecule has 178 valence electrons. The van der Waals surface area contributed by atoms with Crippen LogP contribution in [-0.4, -0.2) is 16.1 Å². The van der Waals surface area contributed by atoms with Crippen LogP contribution in [0.3, 0.4) is 0 Å². The zero-order chi connectivity index (χ0) is 26.0. The normalized spacial score (nSPS) is 14.8. The average Bonchev–Trinajstić information content (AvgIpc) is 3.26. The molecule has 3 aromatic rings. The summed E-state index contributed by atoms with van der Waals surface area (Å²) in [4.78, 5) is 16.8. The summed E-state index contributed by atoms with van der Waals surface area (Å²) in [5, 5.41) is 29.3. The van der Waals surface area contributed by atoms with E-state index in [0.717, 1.165) is 49.5 Å². The number of allylic oxidation sites excluding steroid dienone is 5. The van der Waals surface area contributed by atoms with Gasteiger partial charge >= 0.3 is 5.97 Å². The van der Waals surface area contributed by atoms with E-state index in [9.17, 15) is 20.4 Å². The van der Waals surface area contributed by atoms with Crippen LogP contribution in [0, 0.1) is 35.0 Å². The summed E-state index contributed by atoms with van der Waals surface area (Å²) >= 11 is 1.52. The average molecular weight is 492 g/mol. The third-order valence-corrected chi connectivity index (χ3v) is 7.20. The first-order valence-electron chi connectivity index (χ1n) is 11.5. The summed E-state index contributed by atoms with van der Waals surface area (Å²) in [5.41, 5.74) is 5.54. The number of aryl methyl sites for hydroxylation is 1. The van der Waals surface area contributed by atoms with Gasteiger partial charge in [-0.15, -0.1) is 11.3 Å². The fourth-order valence-electron chi connectivity index (χ4n) is 4.64. The second kappa shape index (κ2) is 9.77. The fourth-order valence-corrected chi connectivity index (χ4v) is 5.62. The van der Waals surface area contributed by atoms with Crippen molar-refractivity contribution in [2.45, 2.75) is 33.6 Å². The third kappa shape index (κ3) is 5.05. The molecule has 0 unspecified atom stereocenters. The van der Waals surface area contributed by atoms with Gasteiger partial charge in [0.25, 0.3) is 0 Å². The molecule has 1 aromatic heterocycles. The molecule has 4 rings (SSSR count). The van der Waals surface area contributed by atoms with Crippen LogP contribution in [0.15, 0.2) is 71.8 Å². The standard InChI is InChI=1S/C30H25N3O2S/c1-18-11-21(10-9-20-13-22(23(16-31)17-32)15-30(3,4)14-20)27(19(2)29(34)35)24(12-18)28-33-25-7-5-6-8-26(25)36-28/h5-13H,2,14-15H2,1,3-4H3,(H,34,35)/b10-9+. The van der Waals surface area contributed by atoms with E-state index >= 15 is 0 Å². The number of thiazole rings is 1. The van der Waals surface area contributed by atoms with Crippen LogP contribution in [0.2, 0.25) is 0 Å². The van der Waals surface area contributed by atoms with Crippen molar-refractivity contribution in [3.63, 3.8) is 0 Å². The highest BCUT2D eigenvalue weighted by Crippen LogP contribution is 2.41. The molecule has 0 bridgehead atoms. The topological polar surface area (TPSA) is 97.8 Å². The Balaban J connectivity index is 1.88. The highest BCUT2D eigenvalue weighted by molar-refractivity contribution is 7.21. The molecule has 0 aliphatic heterocycles. The molecule has 0 saturated heterocycles. The molecule has 2 aromatic carbocycles. The van der Waals surface area contributed by atoms with Crippen molar-refractivity contribution in [1.82, 2.24) is 4.98 Å². The monoisotopic (exact) mass is 491 g/mol. The number of fused-ring (bicyclic) bond motifs is 1. The molecule has 6 heteroatoms. The van der Waals surface area contributed by atoms with E-state index in [2.05, 4.69) is 20.4 Å². The number of benzene rings is 2. The van der Waals surface area contributed by atoms with Crippen molar-refractivity contribution in [1.29, 1.82) is 10.5 Å². The lowest BCUT2D eigenvalue weighted by molar-refractivity contribution is -0.130. The lowest BCUT2D eigenvalue weighted by atomic mass is 9.74. The van der Waals surface area contributed by atoms with E-state index in [1.807, 2.05) is 73.7 Å². The first kappa shape index (κ1) is 24.9. The third-order valence-electron chi connectivity index (χ3n) is 6.13. The van der Waals surface area contributed by atoms with Gasteiger partial charge in [0.15, 0.2) is 0 Å². The lowest BCUT2D eigenvalue weighted by Crippen LogP contribution is -2.17. The number of carboxylic acid groups (broad SMARTS) is 1. The first-order chi connectivity index (χ1) is 17.1. The molecule has 0 saturated carbocycles. The maximum atomic E-state index is 12.0. The van der Waals surface area contributed by atoms with E-state index < -0.39 is 5.97 Å². The molecule has 1 aliphatic rings. The molecule has 0 fully saturated rings. The van der Waals surface area contributed by atoms with Crippen molar-refractivity contribution < 1.29 is 9.90 Å². The second-order valence-electron chi connectivity index (χ2n) is 9.74. The van der Waals surface area contributed by atoms with Gasteiger partial charge in [-0.25, -0.2) is 9.78 Å². The summed E-state index contributed by atoms with van der Waals surface area (Å²) in [5.74, 6) is -1.09. The number of carboxylic acids is 1. The van der Waals surface area contributed by atoms with Crippen molar-refractivity contribution in [2.75, 3.05) is 0 Å². The summed E-state index contributed by atoms with van der Waals surface area (Å²) in [7, 11) is 0. The van der Waals surface area contributed by atoms with Gasteiger partial charge in [-0.2, -0.15) is 10.5 Å². The van der Waals surface area contributed by atoms with Gasteiger partial charge in [0.1, 0.15) is 22.7 Å². The molecule has 1 aliphatic carbocycles. The largest absolute Gasteiger partial charge is 0.478 e. The predicted molar refractivity (Wildman–Crippen MR) is 145 cm³/mol. The van der Waals surface area contributed by atoms with Gasteiger partial charge < -0.3 is 5.11 Å². The number of rotatable bonds is 5. The van der Waals surface area contributed by atoms with Gasteiger partial charge in [-0.3, -0.25) is 0 Å². The molecular weight excluding hydrogens is 466 g/mol. The smallest absolute Gasteiger partial charge is 0.335 e. The minimum atomic E-state index is -1.09. The molecule has 0 radical (unpaired) electrons. The zero-order valence-electron chi connectivity index (χ0n) is 20.4. The minimum Gasteiger partial charge on any atom is -0.478 e. The molecule has 0 atom stereocenters. The number of carbonyl (C=O) groups is 1. The summed E-state index contributed by atoms with van der Waals surface area (Å²) in [6.07, 6.45) is 7.16. The van der Waals surface area contributed by atoms with Gasteiger partial charge in [-0.1, -0.05) is 56.9 Å². The van der Waals surface area contributed by atoms with Crippen LogP contribution in [-0.2, 0) is 4.79 Å². The number of para-hydroxylation sites is 1. The second-order valence-corrected chi connectivity index (χ2v) is 10.8. The number of nitriles is 2. The van der Waals surface area contributed by atoms with E-state index in [1.165, 1.54) is 11.3 Å². The molecule has 1 heterocycles. The number of hydrogen-bond donors (Lipinski definition) is 1. The van der Waals surface area contributed by atoms with Crippen LogP contribution in [0.4, 0.5) is 0 Å². The van der Waals surface area contributed by atoms with E-state index in [1.54, 1.807) is 0 Å². The van der Waals surface area contributed by atoms with E-state index in [0.29, 0.717) is 12.0 Å². The number of nitrogens with zero attached hydrogens (tertiary/aromatic N) is 3. The minimum absolute atomic E-state index is 0.00121. The molecular formula is C30H25N3O2S. The van der Waals surface area contributed by atoms with Crippen LogP contribution >= 0.6 is 11.3 Å². The Morgan fingerprint density at radius 2 is 1.89 bits per heavy atom. The van der Waals surface area contributed by atoms with Crippen LogP contribution in [0.5, 0.6) is 0 Å². The van der Waals surface area contributed by atoms with E-state index in [-0.39, 0.29) is 16.6 Å². The van der Waals surface area contributed by atoms with Crippen LogP contribution < -0.4 is 0 Å². The fraction of sp³-hybridized carbons (Fsp3) is 0.200. The number of hydrogen-bond acceptors (Lipinski definition) is 5. The quantitative estimate of drug-likeness (QED) is 0.295. The Labute approximate surface area is 214 Å². The summed E-state index contributed by atoms with van der Waals surface area (Å²) < 4.78 is 1.03. The van der Waals surface area contributed by atoms with Crippen LogP contribution in [0.1, 0.15) is 43.4 Å². The molecule has 5 nitrogen and oxygen atoms in total. The first-order valence-corrected chi connectivity index (χ1v) is 12.3. The van der Waals surface area contributed by atoms with Crippen molar-refractivity contribution >= 4 is 39.2 Å². The summed E-state index contributed by atoms with van der Waals surface area (Å²) in [6.45, 7) is 10.1. The molecule has 0 amide bonds. The van der Waals surface area contributed by atoms with Gasteiger partial charge in [0.05, 0.1) is 15.8 Å². The SMILES string of the molecule is C=C(C(=O)O)c1c(/C=C/C2=CC(=C(C#N)C#N)CC(C)(C)C2)cc(C)cc1-c1nc2ccccc2s1. The molecule has 1 N–H and O–H groups in total. The predicted octanol–water partition coefficient (Wildman–Crippen LogP) is 7.47. The number of aliphatic carboxylic acids is 1. The Morgan fingerprint density at radius 3 is 2.56 bits per heavy atom. The Bertz CT molecular complexity index is 1540. The maximum Gasteiger partial charge on any atom is 0.335 e. The highest BCUT2D eigenvalue weighted by Gasteiger charge is 2.27. The molecule has 36 heavy (non-hydrogen) atoms. The highest BCUT2D eigenvalue weighted by atomic mass is 32.1. The summed E-state index contributed by atoms with van der Waals surface area (Å²) in [6, 6.07) is 15.7. The maximum absolute atomic E-state index is 12.0. The van der Waals surface area contributed by atoms with Crippen molar-refractivity contribution in [3.05, 3.63) is 88.5 Å². The lowest BCUT2D eigenvalue weighted by Gasteiger charge is -2.30. The zero-order valence-corrected chi connectivity index (χ0v) is 21.2. The number of aromatic nitrogens is 1. The van der Waals surface area contributed by atoms with Gasteiger partial charge in [-0.05, 0) is 65.7 Å². The molecule has 0 spiro atoms. The van der Waals surface area contributed by atoms with Crippen LogP contribution in [0.25, 0.3) is 32.4 Å². The van der Waals surface area contributed by atoms with Gasteiger partial charge in [0.2, 0.25) is 0 Å². The van der Waals surface area contributed by atoms with Crippen molar-refractivity contribution in [2.24, 2.45) is 5.41 Å².